The van der Waals surface area contributed by atoms with Crippen LogP contribution in [0.5, 0.6) is 5.75 Å². The zero-order valence-corrected chi connectivity index (χ0v) is 7.21. The number of non-ortho nitro benzene ring substituents is 1. The van der Waals surface area contributed by atoms with Gasteiger partial charge in [-0.2, -0.15) is 0 Å². The largest absolute Gasteiger partial charge is 0.501 e. The lowest BCUT2D eigenvalue weighted by molar-refractivity contribution is -0.394. The van der Waals surface area contributed by atoms with Crippen LogP contribution in [0.15, 0.2) is 12.1 Å². The summed E-state index contributed by atoms with van der Waals surface area (Å²) in [5.41, 5.74) is 3.42. The van der Waals surface area contributed by atoms with E-state index >= 15 is 0 Å². The molecular formula is C6H7N3O6. The maximum absolute atomic E-state index is 10.3. The lowest BCUT2D eigenvalue weighted by Gasteiger charge is -1.99. The van der Waals surface area contributed by atoms with Crippen molar-refractivity contribution in [1.82, 2.24) is 0 Å². The summed E-state index contributed by atoms with van der Waals surface area (Å²) in [5, 5.41) is 29.7. The van der Waals surface area contributed by atoms with Crippen LogP contribution in [0.2, 0.25) is 0 Å². The molecule has 9 heteroatoms. The number of phenolic OH excluding ortho intramolecular Hbond substituents is 1. The van der Waals surface area contributed by atoms with Gasteiger partial charge < -0.3 is 16.3 Å². The average Bonchev–Trinajstić information content (AvgIpc) is 2.08. The molecule has 15 heavy (non-hydrogen) atoms. The summed E-state index contributed by atoms with van der Waals surface area (Å²) in [7, 11) is 0. The first kappa shape index (κ1) is 12.6. The van der Waals surface area contributed by atoms with Crippen LogP contribution < -0.4 is 5.73 Å². The Balaban J connectivity index is 0.00000196. The van der Waals surface area contributed by atoms with Gasteiger partial charge in [0, 0.05) is 6.07 Å². The van der Waals surface area contributed by atoms with E-state index in [1.54, 1.807) is 0 Å². The van der Waals surface area contributed by atoms with Crippen molar-refractivity contribution in [3.8, 4) is 5.75 Å². The van der Waals surface area contributed by atoms with Crippen LogP contribution in [0, 0.1) is 20.2 Å². The molecule has 0 atom stereocenters. The molecule has 0 aliphatic heterocycles. The molecule has 0 aliphatic rings. The average molecular weight is 217 g/mol. The minimum atomic E-state index is -0.946. The Hall–Kier alpha value is -2.42. The van der Waals surface area contributed by atoms with Crippen LogP contribution in [0.3, 0.4) is 0 Å². The molecule has 1 aromatic carbocycles. The molecule has 0 saturated heterocycles. The van der Waals surface area contributed by atoms with Gasteiger partial charge in [-0.15, -0.1) is 0 Å². The van der Waals surface area contributed by atoms with Gasteiger partial charge in [-0.1, -0.05) is 0 Å². The van der Waals surface area contributed by atoms with E-state index in [-0.39, 0.29) is 5.48 Å². The highest BCUT2D eigenvalue weighted by atomic mass is 16.6. The normalized spacial score (nSPS) is 9.07. The van der Waals surface area contributed by atoms with Crippen molar-refractivity contribution in [2.45, 2.75) is 0 Å². The van der Waals surface area contributed by atoms with E-state index < -0.39 is 32.7 Å². The van der Waals surface area contributed by atoms with Gasteiger partial charge in [0.25, 0.3) is 5.69 Å². The van der Waals surface area contributed by atoms with Crippen molar-refractivity contribution in [3.63, 3.8) is 0 Å². The number of anilines is 1. The van der Waals surface area contributed by atoms with E-state index in [1.165, 1.54) is 0 Å². The highest BCUT2D eigenvalue weighted by Crippen LogP contribution is 2.35. The predicted octanol–water partition coefficient (Wildman–Crippen LogP) is -0.0339. The first-order chi connectivity index (χ1) is 6.43. The van der Waals surface area contributed by atoms with Crippen molar-refractivity contribution >= 4 is 17.1 Å². The second-order valence-corrected chi connectivity index (χ2v) is 2.42. The van der Waals surface area contributed by atoms with Gasteiger partial charge in [-0.3, -0.25) is 20.2 Å². The predicted molar refractivity (Wildman–Crippen MR) is 49.4 cm³/mol. The van der Waals surface area contributed by atoms with Crippen LogP contribution >= 0.6 is 0 Å². The maximum Gasteiger partial charge on any atom is 0.319 e. The monoisotopic (exact) mass is 217 g/mol. The molecule has 0 bridgehead atoms. The zero-order valence-electron chi connectivity index (χ0n) is 7.21. The van der Waals surface area contributed by atoms with Gasteiger partial charge in [0.05, 0.1) is 21.6 Å². The number of rotatable bonds is 2. The number of nitro benzene ring substituents is 2. The smallest absolute Gasteiger partial charge is 0.319 e. The van der Waals surface area contributed by atoms with Gasteiger partial charge in [0.2, 0.25) is 5.75 Å². The highest BCUT2D eigenvalue weighted by molar-refractivity contribution is 5.67. The molecule has 0 aromatic heterocycles. The summed E-state index contributed by atoms with van der Waals surface area (Å²) in [4.78, 5) is 18.8. The Kier molecular flexibility index (Phi) is 3.52. The molecule has 0 heterocycles. The number of nitrogens with two attached hydrogens (primary N) is 1. The van der Waals surface area contributed by atoms with Crippen LogP contribution in [0.4, 0.5) is 17.1 Å². The van der Waals surface area contributed by atoms with Gasteiger partial charge >= 0.3 is 5.69 Å². The summed E-state index contributed by atoms with van der Waals surface area (Å²) in [5.74, 6) is -0.763. The van der Waals surface area contributed by atoms with Gasteiger partial charge in [0.1, 0.15) is 0 Å². The SMILES string of the molecule is Nc1cc([N+](=O)[O-])cc([N+](=O)[O-])c1O.O. The highest BCUT2D eigenvalue weighted by Gasteiger charge is 2.22. The molecule has 0 radical (unpaired) electrons. The number of nitrogens with zero attached hydrogens (tertiary/aromatic N) is 2. The summed E-state index contributed by atoms with van der Waals surface area (Å²) >= 11 is 0. The molecule has 9 nitrogen and oxygen atoms in total. The van der Waals surface area contributed by atoms with Gasteiger partial charge in [-0.25, -0.2) is 0 Å². The van der Waals surface area contributed by atoms with E-state index in [0.717, 1.165) is 6.07 Å². The summed E-state index contributed by atoms with van der Waals surface area (Å²) in [6.45, 7) is 0. The molecule has 1 rings (SSSR count). The zero-order chi connectivity index (χ0) is 10.9. The van der Waals surface area contributed by atoms with E-state index in [4.69, 9.17) is 10.8 Å². The quantitative estimate of drug-likeness (QED) is 0.305. The van der Waals surface area contributed by atoms with Crippen molar-refractivity contribution in [1.29, 1.82) is 0 Å². The number of nitrogen functional groups attached to an aromatic ring is 1. The van der Waals surface area contributed by atoms with Crippen LogP contribution in [0.25, 0.3) is 0 Å². The lowest BCUT2D eigenvalue weighted by Crippen LogP contribution is -1.96. The Morgan fingerprint density at radius 2 is 1.73 bits per heavy atom. The standard InChI is InChI=1S/C6H5N3O5.H2O/c7-4-1-3(8(11)12)2-5(6(4)10)9(13)14;/h1-2,10H,7H2;1H2. The van der Waals surface area contributed by atoms with E-state index in [2.05, 4.69) is 0 Å². The fourth-order valence-corrected chi connectivity index (χ4v) is 0.870. The van der Waals surface area contributed by atoms with E-state index in [1.807, 2.05) is 0 Å². The number of phenols is 1. The minimum Gasteiger partial charge on any atom is -0.501 e. The van der Waals surface area contributed by atoms with E-state index in [0.29, 0.717) is 6.07 Å². The number of hydrogen-bond donors (Lipinski definition) is 2. The van der Waals surface area contributed by atoms with Crippen LogP contribution in [-0.2, 0) is 0 Å². The molecule has 0 aliphatic carbocycles. The Morgan fingerprint density at radius 1 is 1.20 bits per heavy atom. The van der Waals surface area contributed by atoms with Gasteiger partial charge in [-0.05, 0) is 0 Å². The van der Waals surface area contributed by atoms with Crippen molar-refractivity contribution in [3.05, 3.63) is 32.4 Å². The van der Waals surface area contributed by atoms with Gasteiger partial charge in [0.15, 0.2) is 0 Å². The molecule has 0 unspecified atom stereocenters. The molecule has 0 saturated carbocycles. The minimum absolute atomic E-state index is 0. The third-order valence-electron chi connectivity index (χ3n) is 1.51. The second-order valence-electron chi connectivity index (χ2n) is 2.42. The summed E-state index contributed by atoms with van der Waals surface area (Å²) in [6, 6.07) is 1.49. The molecule has 0 spiro atoms. The Morgan fingerprint density at radius 3 is 2.13 bits per heavy atom. The second kappa shape index (κ2) is 4.19. The number of aromatic hydroxyl groups is 1. The molecule has 82 valence electrons. The number of nitro groups is 2. The topological polar surface area (TPSA) is 164 Å². The third-order valence-corrected chi connectivity index (χ3v) is 1.51. The molecular weight excluding hydrogens is 210 g/mol. The Labute approximate surface area is 82.4 Å². The fourth-order valence-electron chi connectivity index (χ4n) is 0.870. The number of benzene rings is 1. The van der Waals surface area contributed by atoms with Crippen molar-refractivity contribution in [2.24, 2.45) is 0 Å². The summed E-state index contributed by atoms with van der Waals surface area (Å²) < 4.78 is 0. The first-order valence-corrected chi connectivity index (χ1v) is 3.34. The van der Waals surface area contributed by atoms with Crippen LogP contribution in [0.1, 0.15) is 0 Å². The molecule has 0 amide bonds. The number of hydrogen-bond acceptors (Lipinski definition) is 6. The van der Waals surface area contributed by atoms with Crippen LogP contribution in [-0.4, -0.2) is 20.4 Å². The van der Waals surface area contributed by atoms with Crippen molar-refractivity contribution in [2.75, 3.05) is 5.73 Å². The Bertz CT molecular complexity index is 418. The third kappa shape index (κ3) is 2.28. The molecule has 1 aromatic rings. The first-order valence-electron chi connectivity index (χ1n) is 3.34. The van der Waals surface area contributed by atoms with E-state index in [9.17, 15) is 20.2 Å². The van der Waals surface area contributed by atoms with Crippen molar-refractivity contribution < 1.29 is 20.4 Å². The molecule has 5 N–H and O–H groups in total. The lowest BCUT2D eigenvalue weighted by atomic mass is 10.2. The summed E-state index contributed by atoms with van der Waals surface area (Å²) in [6.07, 6.45) is 0. The maximum atomic E-state index is 10.3. The molecule has 0 fully saturated rings. The fraction of sp³-hybridized carbons (Fsp3) is 0.